The third kappa shape index (κ3) is 5.25. The van der Waals surface area contributed by atoms with Gasteiger partial charge in [0.25, 0.3) is 0 Å². The molecule has 0 saturated carbocycles. The smallest absolute Gasteiger partial charge is 0.143 e. The van der Waals surface area contributed by atoms with Crippen molar-refractivity contribution < 1.29 is 4.42 Å². The van der Waals surface area contributed by atoms with E-state index in [4.69, 9.17) is 4.42 Å². The number of benzene rings is 10. The molecule has 1 heteroatoms. The Balaban J connectivity index is 1.05. The molecule has 1 nitrogen and oxygen atoms in total. The predicted octanol–water partition coefficient (Wildman–Crippen LogP) is 16.3. The largest absolute Gasteiger partial charge is 0.455 e. The van der Waals surface area contributed by atoms with Gasteiger partial charge in [0.2, 0.25) is 0 Å². The summed E-state index contributed by atoms with van der Waals surface area (Å²) in [5.41, 5.74) is 20.3. The molecular formula is C63H44O. The molecule has 0 fully saturated rings. The Bertz CT molecular complexity index is 3640. The van der Waals surface area contributed by atoms with E-state index in [0.717, 1.165) is 33.1 Å². The third-order valence-electron chi connectivity index (χ3n) is 14.7. The Morgan fingerprint density at radius 2 is 1.03 bits per heavy atom. The van der Waals surface area contributed by atoms with E-state index in [2.05, 4.69) is 232 Å². The van der Waals surface area contributed by atoms with Crippen LogP contribution in [-0.2, 0) is 10.8 Å². The molecule has 302 valence electrons. The summed E-state index contributed by atoms with van der Waals surface area (Å²) in [5.74, 6) is 0.0547. The molecule has 0 saturated heterocycles. The molecule has 64 heavy (non-hydrogen) atoms. The Kier molecular flexibility index (Phi) is 8.00. The van der Waals surface area contributed by atoms with Gasteiger partial charge in [-0.2, -0.15) is 0 Å². The van der Waals surface area contributed by atoms with Gasteiger partial charge in [-0.05, 0) is 107 Å². The van der Waals surface area contributed by atoms with Crippen molar-refractivity contribution in [3.63, 3.8) is 0 Å². The van der Waals surface area contributed by atoms with Crippen molar-refractivity contribution in [2.75, 3.05) is 0 Å². The van der Waals surface area contributed by atoms with E-state index < -0.39 is 5.41 Å². The highest BCUT2D eigenvalue weighted by molar-refractivity contribution is 6.09. The molecule has 10 aromatic carbocycles. The zero-order valence-corrected chi connectivity index (χ0v) is 35.8. The Morgan fingerprint density at radius 1 is 0.375 bits per heavy atom. The fraction of sp³-hybridized carbons (Fsp3) is 0.0794. The van der Waals surface area contributed by atoms with E-state index in [1.165, 1.54) is 83.1 Å². The van der Waals surface area contributed by atoms with Gasteiger partial charge in [0.1, 0.15) is 11.2 Å². The summed E-state index contributed by atoms with van der Waals surface area (Å²) in [6.07, 6.45) is 0. The molecule has 2 unspecified atom stereocenters. The molecule has 2 atom stereocenters. The molecule has 2 aliphatic rings. The number of hydrogen-bond acceptors (Lipinski definition) is 1. The maximum Gasteiger partial charge on any atom is 0.143 e. The topological polar surface area (TPSA) is 13.1 Å². The lowest BCUT2D eigenvalue weighted by atomic mass is 9.62. The second kappa shape index (κ2) is 13.9. The highest BCUT2D eigenvalue weighted by Crippen LogP contribution is 2.58. The van der Waals surface area contributed by atoms with Gasteiger partial charge in [0.15, 0.2) is 0 Å². The van der Waals surface area contributed by atoms with Crippen LogP contribution in [0, 0.1) is 0 Å². The summed E-state index contributed by atoms with van der Waals surface area (Å²) in [5, 5.41) is 4.76. The monoisotopic (exact) mass is 816 g/mol. The van der Waals surface area contributed by atoms with Crippen LogP contribution in [0.1, 0.15) is 69.8 Å². The lowest BCUT2D eigenvalue weighted by Gasteiger charge is -2.40. The van der Waals surface area contributed by atoms with Crippen molar-refractivity contribution in [3.05, 3.63) is 275 Å². The van der Waals surface area contributed by atoms with Crippen molar-refractivity contribution >= 4 is 32.7 Å². The van der Waals surface area contributed by atoms with Crippen LogP contribution in [0.15, 0.2) is 229 Å². The predicted molar refractivity (Wildman–Crippen MR) is 265 cm³/mol. The van der Waals surface area contributed by atoms with Crippen LogP contribution in [0.2, 0.25) is 0 Å². The van der Waals surface area contributed by atoms with E-state index in [-0.39, 0.29) is 11.3 Å². The van der Waals surface area contributed by atoms with E-state index in [0.29, 0.717) is 0 Å². The van der Waals surface area contributed by atoms with Crippen molar-refractivity contribution in [1.29, 1.82) is 0 Å². The molecule has 0 spiro atoms. The number of hydrogen-bond donors (Lipinski definition) is 0. The van der Waals surface area contributed by atoms with Crippen molar-refractivity contribution in [2.24, 2.45) is 0 Å². The van der Waals surface area contributed by atoms with E-state index >= 15 is 0 Å². The SMILES string of the molecule is CC1(C)c2ccccc2C(c2ccc3c(c2)C(c2ccc(-c4cccc5c4oc4ccccc45)cc2)(c2ccc4ccccc4c2)c2ccccc2-3)c2ccc(-c3ccccc3)cc21. The van der Waals surface area contributed by atoms with Crippen LogP contribution in [0.25, 0.3) is 66.1 Å². The average Bonchev–Trinajstić information content (AvgIpc) is 3.88. The first kappa shape index (κ1) is 36.9. The van der Waals surface area contributed by atoms with E-state index in [9.17, 15) is 0 Å². The van der Waals surface area contributed by atoms with Gasteiger partial charge in [0, 0.05) is 27.7 Å². The average molecular weight is 817 g/mol. The standard InChI is InChI=1S/C63H44O/c1-62(2)55-24-11-9-21-53(55)60(54-36-30-44(38-57(54)62)40-15-4-3-5-16-40)45-31-35-50-49-19-8-12-25-56(49)63(58(50)39-45,47-34-27-41-17-6-7-18-43(41)37-47)46-32-28-42(29-33-46)48-22-14-23-52-51-20-10-13-26-59(51)64-61(48)52/h3-39,60H,1-2H3. The summed E-state index contributed by atoms with van der Waals surface area (Å²) in [6, 6.07) is 83.8. The molecule has 1 heterocycles. The maximum absolute atomic E-state index is 6.55. The van der Waals surface area contributed by atoms with Gasteiger partial charge < -0.3 is 4.42 Å². The molecular weight excluding hydrogens is 773 g/mol. The first-order valence-corrected chi connectivity index (χ1v) is 22.5. The minimum atomic E-state index is -0.594. The summed E-state index contributed by atoms with van der Waals surface area (Å²) in [4.78, 5) is 0. The molecule has 11 aromatic rings. The molecule has 1 aromatic heterocycles. The Hall–Kier alpha value is -7.74. The van der Waals surface area contributed by atoms with Crippen molar-refractivity contribution in [3.8, 4) is 33.4 Å². The normalized spacial score (nSPS) is 16.9. The molecule has 2 aliphatic carbocycles. The van der Waals surface area contributed by atoms with Crippen molar-refractivity contribution in [2.45, 2.75) is 30.6 Å². The van der Waals surface area contributed by atoms with E-state index in [1.807, 2.05) is 6.07 Å². The van der Waals surface area contributed by atoms with Crippen LogP contribution < -0.4 is 0 Å². The van der Waals surface area contributed by atoms with Crippen LogP contribution in [-0.4, -0.2) is 0 Å². The van der Waals surface area contributed by atoms with E-state index in [1.54, 1.807) is 0 Å². The Morgan fingerprint density at radius 3 is 1.91 bits per heavy atom. The molecule has 0 amide bonds. The number of fused-ring (bicyclic) bond motifs is 9. The van der Waals surface area contributed by atoms with Crippen LogP contribution in [0.5, 0.6) is 0 Å². The van der Waals surface area contributed by atoms with Gasteiger partial charge in [-0.25, -0.2) is 0 Å². The van der Waals surface area contributed by atoms with Gasteiger partial charge in [0.05, 0.1) is 5.41 Å². The number of furan rings is 1. The molecule has 13 rings (SSSR count). The number of para-hydroxylation sites is 2. The number of rotatable bonds is 5. The van der Waals surface area contributed by atoms with Gasteiger partial charge in [-0.15, -0.1) is 0 Å². The second-order valence-electron chi connectivity index (χ2n) is 18.3. The summed E-state index contributed by atoms with van der Waals surface area (Å²) in [6.45, 7) is 4.80. The molecule has 0 radical (unpaired) electrons. The minimum absolute atomic E-state index is 0.0547. The Labute approximate surface area is 373 Å². The first-order valence-electron chi connectivity index (χ1n) is 22.5. The molecule has 0 N–H and O–H groups in total. The zero-order valence-electron chi connectivity index (χ0n) is 35.8. The van der Waals surface area contributed by atoms with Gasteiger partial charge in [-0.3, -0.25) is 0 Å². The summed E-state index contributed by atoms with van der Waals surface area (Å²) >= 11 is 0. The third-order valence-corrected chi connectivity index (χ3v) is 14.7. The maximum atomic E-state index is 6.55. The summed E-state index contributed by atoms with van der Waals surface area (Å²) in [7, 11) is 0. The highest BCUT2D eigenvalue weighted by atomic mass is 16.3. The van der Waals surface area contributed by atoms with Crippen LogP contribution >= 0.6 is 0 Å². The fourth-order valence-electron chi connectivity index (χ4n) is 11.7. The second-order valence-corrected chi connectivity index (χ2v) is 18.3. The summed E-state index contributed by atoms with van der Waals surface area (Å²) < 4.78 is 6.55. The quantitative estimate of drug-likeness (QED) is 0.169. The molecule has 0 bridgehead atoms. The van der Waals surface area contributed by atoms with Crippen LogP contribution in [0.3, 0.4) is 0 Å². The minimum Gasteiger partial charge on any atom is -0.455 e. The molecule has 0 aliphatic heterocycles. The lowest BCUT2D eigenvalue weighted by molar-refractivity contribution is 0.597. The zero-order chi connectivity index (χ0) is 42.6. The van der Waals surface area contributed by atoms with Crippen molar-refractivity contribution in [1.82, 2.24) is 0 Å². The first-order chi connectivity index (χ1) is 31.5. The van der Waals surface area contributed by atoms with Crippen LogP contribution in [0.4, 0.5) is 0 Å². The highest BCUT2D eigenvalue weighted by Gasteiger charge is 2.47. The lowest BCUT2D eigenvalue weighted by Crippen LogP contribution is -2.31. The van der Waals surface area contributed by atoms with Gasteiger partial charge in [-0.1, -0.05) is 220 Å². The van der Waals surface area contributed by atoms with Gasteiger partial charge >= 0.3 is 0 Å². The fourth-order valence-corrected chi connectivity index (χ4v) is 11.7.